The fourth-order valence-corrected chi connectivity index (χ4v) is 6.64. The van der Waals surface area contributed by atoms with Crippen molar-refractivity contribution in [2.75, 3.05) is 25.7 Å². The molecule has 228 valence electrons. The minimum atomic E-state index is -0.991. The average molecular weight is 605 g/mol. The van der Waals surface area contributed by atoms with Gasteiger partial charge in [-0.05, 0) is 78.4 Å². The van der Waals surface area contributed by atoms with Crippen LogP contribution in [0.1, 0.15) is 36.4 Å². The van der Waals surface area contributed by atoms with E-state index in [9.17, 15) is 14.4 Å². The van der Waals surface area contributed by atoms with E-state index >= 15 is 0 Å². The van der Waals surface area contributed by atoms with Gasteiger partial charge in [-0.25, -0.2) is 9.91 Å². The number of anilines is 1. The summed E-state index contributed by atoms with van der Waals surface area (Å²) in [4.78, 5) is 41.9. The third kappa shape index (κ3) is 5.03. The topological polar surface area (TPSA) is 116 Å². The summed E-state index contributed by atoms with van der Waals surface area (Å²) >= 11 is 0. The molecule has 4 atom stereocenters. The second-order valence-corrected chi connectivity index (χ2v) is 11.4. The van der Waals surface area contributed by atoms with E-state index in [4.69, 9.17) is 14.6 Å². The Hall–Kier alpha value is -5.32. The van der Waals surface area contributed by atoms with Crippen LogP contribution in [0, 0.1) is 5.92 Å². The van der Waals surface area contributed by atoms with Crippen LogP contribution in [-0.4, -0.2) is 66.3 Å². The largest absolute Gasteiger partial charge is 0.497 e. The van der Waals surface area contributed by atoms with E-state index < -0.39 is 23.9 Å². The Balaban J connectivity index is 1.19. The van der Waals surface area contributed by atoms with Crippen LogP contribution in [0.2, 0.25) is 0 Å². The van der Waals surface area contributed by atoms with Gasteiger partial charge in [-0.3, -0.25) is 19.4 Å². The first-order chi connectivity index (χ1) is 22.0. The van der Waals surface area contributed by atoms with Crippen LogP contribution in [0.25, 0.3) is 6.08 Å². The summed E-state index contributed by atoms with van der Waals surface area (Å²) in [7, 11) is 3.26. The number of carbonyl (C=O) groups is 3. The van der Waals surface area contributed by atoms with Crippen molar-refractivity contribution < 1.29 is 23.9 Å². The normalized spacial score (nSPS) is 24.6. The van der Waals surface area contributed by atoms with Gasteiger partial charge in [-0.1, -0.05) is 47.7 Å². The molecule has 2 fully saturated rings. The first kappa shape index (κ1) is 28.5. The number of imide groups is 1. The zero-order chi connectivity index (χ0) is 31.1. The third-order valence-electron chi connectivity index (χ3n) is 8.84. The highest BCUT2D eigenvalue weighted by Gasteiger charge is 2.55. The predicted molar refractivity (Wildman–Crippen MR) is 166 cm³/mol. The van der Waals surface area contributed by atoms with Gasteiger partial charge >= 0.3 is 0 Å². The fourth-order valence-electron chi connectivity index (χ4n) is 6.64. The van der Waals surface area contributed by atoms with E-state index in [0.29, 0.717) is 5.69 Å². The molecule has 1 aliphatic carbocycles. The molecule has 0 radical (unpaired) electrons. The number of para-hydroxylation sites is 1. The van der Waals surface area contributed by atoms with Crippen LogP contribution >= 0.6 is 0 Å². The van der Waals surface area contributed by atoms with Crippen molar-refractivity contribution in [3.05, 3.63) is 95.6 Å². The molecular formula is C34H32N6O5. The van der Waals surface area contributed by atoms with Crippen molar-refractivity contribution in [1.29, 1.82) is 0 Å². The van der Waals surface area contributed by atoms with Gasteiger partial charge in [0.2, 0.25) is 0 Å². The molecule has 3 aliphatic heterocycles. The van der Waals surface area contributed by atoms with Gasteiger partial charge in [0.05, 0.1) is 31.7 Å². The minimum absolute atomic E-state index is 0.0168. The molecule has 3 aromatic rings. The van der Waals surface area contributed by atoms with E-state index in [0.717, 1.165) is 58.1 Å². The van der Waals surface area contributed by atoms with Crippen molar-refractivity contribution in [3.8, 4) is 11.5 Å². The number of carbonyl (C=O) groups excluding carboxylic acids is 3. The highest BCUT2D eigenvalue weighted by atomic mass is 16.5. The summed E-state index contributed by atoms with van der Waals surface area (Å²) in [6.07, 6.45) is 4.79. The first-order valence-corrected chi connectivity index (χ1v) is 15.0. The lowest BCUT2D eigenvalue weighted by Gasteiger charge is -2.30. The highest BCUT2D eigenvalue weighted by Crippen LogP contribution is 2.45. The molecule has 1 saturated heterocycles. The standard InChI is InChI=1S/C34H32N6O5/c1-44-25-15-11-21(12-16-25)19-23-7-6-10-27-29(23)36-40(31(27)22-13-17-26(45-2)18-14-22)28(41)20-38-32-30(35-37-38)33(42)39(34(32)43)24-8-4-3-5-9-24/h3-5,8-9,11-19,27,30-32H,6-7,10,20H2,1-2H3/b23-19+/t27-,30+,31+,32-/m1/s1. The van der Waals surface area contributed by atoms with Crippen molar-refractivity contribution in [3.63, 3.8) is 0 Å². The summed E-state index contributed by atoms with van der Waals surface area (Å²) in [5.74, 6) is 0.245. The SMILES string of the molecule is COc1ccc(/C=C2\CCC[C@@H]3C2=NN(C(=O)CN2N=N[C@@H]4C(=O)N(c5ccccc5)C(=O)[C@@H]42)[C@H]3c2ccc(OC)cc2)cc1. The number of rotatable bonds is 7. The smallest absolute Gasteiger partial charge is 0.264 e. The number of benzene rings is 3. The van der Waals surface area contributed by atoms with Crippen LogP contribution in [0.3, 0.4) is 0 Å². The Morgan fingerprint density at radius 2 is 1.58 bits per heavy atom. The molecule has 11 nitrogen and oxygen atoms in total. The maximum atomic E-state index is 14.1. The lowest BCUT2D eigenvalue weighted by atomic mass is 9.77. The van der Waals surface area contributed by atoms with Crippen LogP contribution in [0.4, 0.5) is 5.69 Å². The van der Waals surface area contributed by atoms with Gasteiger partial charge in [0.25, 0.3) is 17.7 Å². The van der Waals surface area contributed by atoms with E-state index in [1.165, 1.54) is 10.0 Å². The Bertz CT molecular complexity index is 1720. The van der Waals surface area contributed by atoms with Gasteiger partial charge in [0, 0.05) is 5.92 Å². The predicted octanol–water partition coefficient (Wildman–Crippen LogP) is 4.82. The molecule has 3 aromatic carbocycles. The van der Waals surface area contributed by atoms with Crippen LogP contribution in [0.15, 0.2) is 99.9 Å². The number of nitrogens with zero attached hydrogens (tertiary/aromatic N) is 6. The molecule has 7 rings (SSSR count). The maximum Gasteiger partial charge on any atom is 0.264 e. The summed E-state index contributed by atoms with van der Waals surface area (Å²) < 4.78 is 10.7. The molecule has 0 spiro atoms. The Labute approximate surface area is 260 Å². The first-order valence-electron chi connectivity index (χ1n) is 15.0. The zero-order valence-electron chi connectivity index (χ0n) is 24.9. The van der Waals surface area contributed by atoms with E-state index in [2.05, 4.69) is 16.4 Å². The fraction of sp³-hybridized carbons (Fsp3) is 0.294. The molecule has 0 unspecified atom stereocenters. The summed E-state index contributed by atoms with van der Waals surface area (Å²) in [6.45, 7) is -0.250. The molecule has 1 saturated carbocycles. The lowest BCUT2D eigenvalue weighted by molar-refractivity contribution is -0.136. The number of hydrogen-bond donors (Lipinski definition) is 0. The summed E-state index contributed by atoms with van der Waals surface area (Å²) in [5, 5.41) is 16.0. The van der Waals surface area contributed by atoms with Gasteiger partial charge in [0.1, 0.15) is 18.0 Å². The Morgan fingerprint density at radius 1 is 0.889 bits per heavy atom. The minimum Gasteiger partial charge on any atom is -0.497 e. The average Bonchev–Trinajstić information content (AvgIpc) is 3.75. The number of fused-ring (bicyclic) bond motifs is 2. The quantitative estimate of drug-likeness (QED) is 0.357. The molecule has 11 heteroatoms. The van der Waals surface area contributed by atoms with Crippen molar-refractivity contribution >= 4 is 35.2 Å². The number of allylic oxidation sites excluding steroid dienone is 1. The molecule has 0 aromatic heterocycles. The number of hydrazone groups is 1. The van der Waals surface area contributed by atoms with Crippen molar-refractivity contribution in [1.82, 2.24) is 10.0 Å². The Morgan fingerprint density at radius 3 is 2.27 bits per heavy atom. The maximum absolute atomic E-state index is 14.1. The van der Waals surface area contributed by atoms with Gasteiger partial charge in [0.15, 0.2) is 12.1 Å². The van der Waals surface area contributed by atoms with Crippen LogP contribution in [-0.2, 0) is 14.4 Å². The molecular weight excluding hydrogens is 572 g/mol. The van der Waals surface area contributed by atoms with Gasteiger partial charge in [-0.2, -0.15) is 10.2 Å². The van der Waals surface area contributed by atoms with Crippen molar-refractivity contribution in [2.24, 2.45) is 21.4 Å². The molecule has 45 heavy (non-hydrogen) atoms. The number of amides is 3. The van der Waals surface area contributed by atoms with E-state index in [1.807, 2.05) is 54.6 Å². The molecule has 4 aliphatic rings. The zero-order valence-corrected chi connectivity index (χ0v) is 24.9. The summed E-state index contributed by atoms with van der Waals surface area (Å²) in [6, 6.07) is 21.9. The number of hydrogen-bond acceptors (Lipinski definition) is 9. The molecule has 0 N–H and O–H groups in total. The Kier molecular flexibility index (Phi) is 7.36. The molecule has 3 amide bonds. The number of ether oxygens (including phenoxy) is 2. The van der Waals surface area contributed by atoms with E-state index in [-0.39, 0.29) is 24.4 Å². The molecule has 3 heterocycles. The second-order valence-electron chi connectivity index (χ2n) is 11.4. The van der Waals surface area contributed by atoms with Gasteiger partial charge in [-0.15, -0.1) is 0 Å². The molecule has 0 bridgehead atoms. The highest BCUT2D eigenvalue weighted by molar-refractivity contribution is 6.25. The third-order valence-corrected chi connectivity index (χ3v) is 8.84. The van der Waals surface area contributed by atoms with Gasteiger partial charge < -0.3 is 9.47 Å². The number of methoxy groups -OCH3 is 2. The lowest BCUT2D eigenvalue weighted by Crippen LogP contribution is -2.45. The second kappa shape index (κ2) is 11.6. The van der Waals surface area contributed by atoms with Crippen molar-refractivity contribution in [2.45, 2.75) is 37.4 Å². The monoisotopic (exact) mass is 604 g/mol. The van der Waals surface area contributed by atoms with E-state index in [1.54, 1.807) is 38.5 Å². The summed E-state index contributed by atoms with van der Waals surface area (Å²) in [5.41, 5.74) is 4.39. The van der Waals surface area contributed by atoms with Crippen LogP contribution < -0.4 is 14.4 Å². The van der Waals surface area contributed by atoms with Crippen LogP contribution in [0.5, 0.6) is 11.5 Å².